The van der Waals surface area contributed by atoms with E-state index in [2.05, 4.69) is 41.5 Å². The Morgan fingerprint density at radius 2 is 1.52 bits per heavy atom. The fraction of sp³-hybridized carbons (Fsp3) is 0.650. The highest BCUT2D eigenvalue weighted by molar-refractivity contribution is 8.00. The first-order valence-corrected chi connectivity index (χ1v) is 9.49. The van der Waals surface area contributed by atoms with Gasteiger partial charge in [0.1, 0.15) is 12.4 Å². The van der Waals surface area contributed by atoms with Crippen molar-refractivity contribution in [3.63, 3.8) is 0 Å². The minimum atomic E-state index is -0.960. The van der Waals surface area contributed by atoms with Crippen molar-refractivity contribution in [1.29, 1.82) is 0 Å². The van der Waals surface area contributed by atoms with E-state index in [-0.39, 0.29) is 28.8 Å². The molecular weight excluding hydrogens is 336 g/mol. The van der Waals surface area contributed by atoms with Crippen molar-refractivity contribution in [3.05, 3.63) is 23.3 Å². The number of carboxylic acid groups (broad SMARTS) is 1. The van der Waals surface area contributed by atoms with E-state index < -0.39 is 5.97 Å². The second-order valence-corrected chi connectivity index (χ2v) is 10.1. The highest BCUT2D eigenvalue weighted by Crippen LogP contribution is 2.42. The lowest BCUT2D eigenvalue weighted by atomic mass is 9.79. The van der Waals surface area contributed by atoms with Crippen LogP contribution < -0.4 is 0 Å². The third kappa shape index (κ3) is 6.23. The predicted octanol–water partition coefficient (Wildman–Crippen LogP) is 4.96. The molecule has 0 aliphatic heterocycles. The van der Waals surface area contributed by atoms with Crippen molar-refractivity contribution in [1.82, 2.24) is 0 Å². The number of benzene rings is 1. The quantitative estimate of drug-likeness (QED) is 0.695. The van der Waals surface area contributed by atoms with Gasteiger partial charge in [-0.15, -0.1) is 11.8 Å². The van der Waals surface area contributed by atoms with Crippen molar-refractivity contribution in [2.24, 2.45) is 0 Å². The normalized spacial score (nSPS) is 15.0. The summed E-state index contributed by atoms with van der Waals surface area (Å²) in [5.41, 5.74) is 1.51. The number of aromatic hydroxyl groups is 1. The second-order valence-electron chi connectivity index (χ2n) is 8.60. The van der Waals surface area contributed by atoms with Crippen molar-refractivity contribution >= 4 is 17.7 Å². The Morgan fingerprint density at radius 1 is 1.08 bits per heavy atom. The van der Waals surface area contributed by atoms with Gasteiger partial charge in [0.05, 0.1) is 6.10 Å². The molecule has 4 nitrogen and oxygen atoms in total. The molecule has 0 aliphatic rings. The van der Waals surface area contributed by atoms with E-state index in [1.807, 2.05) is 26.0 Å². The fourth-order valence-electron chi connectivity index (χ4n) is 2.47. The van der Waals surface area contributed by atoms with Crippen LogP contribution in [0.3, 0.4) is 0 Å². The average molecular weight is 369 g/mol. The fourth-order valence-corrected chi connectivity index (χ4v) is 3.54. The molecule has 0 aromatic heterocycles. The number of phenols is 1. The van der Waals surface area contributed by atoms with Gasteiger partial charge in [-0.25, -0.2) is 4.79 Å². The van der Waals surface area contributed by atoms with Crippen LogP contribution >= 0.6 is 11.8 Å². The van der Waals surface area contributed by atoms with Gasteiger partial charge in [0, 0.05) is 21.3 Å². The lowest BCUT2D eigenvalue weighted by molar-refractivity contribution is -0.143. The zero-order valence-electron chi connectivity index (χ0n) is 16.6. The molecule has 0 unspecified atom stereocenters. The van der Waals surface area contributed by atoms with Crippen LogP contribution in [-0.2, 0) is 20.4 Å². The highest BCUT2D eigenvalue weighted by atomic mass is 32.2. The molecule has 5 heteroatoms. The van der Waals surface area contributed by atoms with Gasteiger partial charge in [-0.2, -0.15) is 0 Å². The molecule has 0 aliphatic carbocycles. The lowest BCUT2D eigenvalue weighted by Gasteiger charge is -2.29. The van der Waals surface area contributed by atoms with Crippen LogP contribution in [0.5, 0.6) is 5.75 Å². The molecule has 0 saturated heterocycles. The minimum Gasteiger partial charge on any atom is -0.507 e. The zero-order valence-corrected chi connectivity index (χ0v) is 17.5. The minimum absolute atomic E-state index is 0.0875. The maximum atomic E-state index is 10.8. The summed E-state index contributed by atoms with van der Waals surface area (Å²) in [6.07, 6.45) is -0.189. The number of phenolic OH excluding ortho intramolecular Hbond substituents is 1. The summed E-state index contributed by atoms with van der Waals surface area (Å²) in [4.78, 5) is 11.7. The monoisotopic (exact) mass is 368 g/mol. The van der Waals surface area contributed by atoms with Crippen molar-refractivity contribution in [2.75, 3.05) is 6.61 Å². The third-order valence-corrected chi connectivity index (χ3v) is 5.42. The standard InChI is InChI=1S/C20H32O4S/c1-12(24-11-17(21)22)13(2)25-14-9-15(19(3,4)5)18(23)16(10-14)20(6,7)8/h9-10,12-13,23H,11H2,1-8H3,(H,21,22)/t12-,13-/m1/s1. The Hall–Kier alpha value is -1.20. The number of rotatable bonds is 6. The average Bonchev–Trinajstić information content (AvgIpc) is 2.43. The highest BCUT2D eigenvalue weighted by Gasteiger charge is 2.27. The molecule has 1 aromatic carbocycles. The number of aliphatic carboxylic acids is 1. The Morgan fingerprint density at radius 3 is 1.88 bits per heavy atom. The first-order valence-electron chi connectivity index (χ1n) is 8.61. The molecule has 0 spiro atoms. The van der Waals surface area contributed by atoms with E-state index in [9.17, 15) is 9.90 Å². The smallest absolute Gasteiger partial charge is 0.329 e. The van der Waals surface area contributed by atoms with E-state index >= 15 is 0 Å². The van der Waals surface area contributed by atoms with E-state index in [0.29, 0.717) is 5.75 Å². The Kier molecular flexibility index (Phi) is 6.99. The van der Waals surface area contributed by atoms with Crippen LogP contribution in [0, 0.1) is 0 Å². The summed E-state index contributed by atoms with van der Waals surface area (Å²) in [5.74, 6) is -0.592. The van der Waals surface area contributed by atoms with Gasteiger partial charge >= 0.3 is 5.97 Å². The molecule has 2 N–H and O–H groups in total. The molecule has 1 rings (SSSR count). The summed E-state index contributed by atoms with van der Waals surface area (Å²) in [6.45, 7) is 16.2. The third-order valence-electron chi connectivity index (χ3n) is 4.15. The summed E-state index contributed by atoms with van der Waals surface area (Å²) in [7, 11) is 0. The maximum absolute atomic E-state index is 10.8. The second kappa shape index (κ2) is 8.00. The molecule has 0 fully saturated rings. The number of carbonyl (C=O) groups is 1. The molecule has 0 radical (unpaired) electrons. The van der Waals surface area contributed by atoms with Gasteiger partial charge in [0.15, 0.2) is 0 Å². The van der Waals surface area contributed by atoms with Crippen molar-refractivity contribution in [3.8, 4) is 5.75 Å². The molecule has 142 valence electrons. The van der Waals surface area contributed by atoms with Crippen LogP contribution in [0.25, 0.3) is 0 Å². The summed E-state index contributed by atoms with van der Waals surface area (Å²) in [6, 6.07) is 4.07. The lowest BCUT2D eigenvalue weighted by Crippen LogP contribution is -2.24. The van der Waals surface area contributed by atoms with Crippen LogP contribution in [0.4, 0.5) is 0 Å². The van der Waals surface area contributed by atoms with E-state index in [1.165, 1.54) is 0 Å². The summed E-state index contributed by atoms with van der Waals surface area (Å²) < 4.78 is 5.39. The van der Waals surface area contributed by atoms with Gasteiger partial charge < -0.3 is 14.9 Å². The number of ether oxygens (including phenoxy) is 1. The SMILES string of the molecule is C[C@@H](OCC(=O)O)[C@@H](C)Sc1cc(C(C)(C)C)c(O)c(C(C)(C)C)c1. The van der Waals surface area contributed by atoms with E-state index in [4.69, 9.17) is 9.84 Å². The number of carboxylic acids is 1. The van der Waals surface area contributed by atoms with E-state index in [0.717, 1.165) is 16.0 Å². The van der Waals surface area contributed by atoms with Gasteiger partial charge in [0.2, 0.25) is 0 Å². The van der Waals surface area contributed by atoms with Gasteiger partial charge in [-0.3, -0.25) is 0 Å². The zero-order chi connectivity index (χ0) is 19.6. The van der Waals surface area contributed by atoms with Gasteiger partial charge in [-0.05, 0) is 29.9 Å². The molecule has 0 saturated carbocycles. The summed E-state index contributed by atoms with van der Waals surface area (Å²) >= 11 is 1.64. The first-order chi connectivity index (χ1) is 11.2. The molecule has 0 amide bonds. The van der Waals surface area contributed by atoms with Crippen LogP contribution in [0.1, 0.15) is 66.5 Å². The number of hydrogen-bond acceptors (Lipinski definition) is 4. The Bertz CT molecular complexity index is 576. The number of hydrogen-bond donors (Lipinski definition) is 2. The maximum Gasteiger partial charge on any atom is 0.329 e. The van der Waals surface area contributed by atoms with Crippen molar-refractivity contribution in [2.45, 2.75) is 82.5 Å². The van der Waals surface area contributed by atoms with Crippen LogP contribution in [-0.4, -0.2) is 34.1 Å². The van der Waals surface area contributed by atoms with Gasteiger partial charge in [0.25, 0.3) is 0 Å². The molecule has 25 heavy (non-hydrogen) atoms. The Balaban J connectivity index is 3.17. The number of thioether (sulfide) groups is 1. The van der Waals surface area contributed by atoms with Crippen molar-refractivity contribution < 1.29 is 19.7 Å². The Labute approximate surface area is 156 Å². The van der Waals surface area contributed by atoms with Gasteiger partial charge in [-0.1, -0.05) is 48.5 Å². The van der Waals surface area contributed by atoms with E-state index in [1.54, 1.807) is 11.8 Å². The van der Waals surface area contributed by atoms with Crippen LogP contribution in [0.15, 0.2) is 17.0 Å². The molecule has 2 atom stereocenters. The topological polar surface area (TPSA) is 66.8 Å². The molecular formula is C20H32O4S. The molecule has 0 bridgehead atoms. The summed E-state index contributed by atoms with van der Waals surface area (Å²) in [5, 5.41) is 19.6. The predicted molar refractivity (Wildman–Crippen MR) is 104 cm³/mol. The molecule has 1 aromatic rings. The largest absolute Gasteiger partial charge is 0.507 e. The molecule has 0 heterocycles. The van der Waals surface area contributed by atoms with Crippen LogP contribution in [0.2, 0.25) is 0 Å². The first kappa shape index (κ1) is 21.8.